The summed E-state index contributed by atoms with van der Waals surface area (Å²) >= 11 is 5.89. The number of rotatable bonds is 8. The van der Waals surface area contributed by atoms with E-state index >= 15 is 0 Å². The van der Waals surface area contributed by atoms with Crippen LogP contribution in [-0.2, 0) is 11.3 Å². The molecule has 0 saturated heterocycles. The van der Waals surface area contributed by atoms with Crippen LogP contribution in [0.15, 0.2) is 24.3 Å². The van der Waals surface area contributed by atoms with Crippen molar-refractivity contribution in [2.75, 3.05) is 19.8 Å². The van der Waals surface area contributed by atoms with E-state index in [0.29, 0.717) is 0 Å². The molecule has 0 atom stereocenters. The van der Waals surface area contributed by atoms with Gasteiger partial charge in [-0.05, 0) is 37.1 Å². The molecule has 16 heavy (non-hydrogen) atoms. The molecule has 1 aromatic rings. The minimum Gasteiger partial charge on any atom is -0.381 e. The highest BCUT2D eigenvalue weighted by Crippen LogP contribution is 2.10. The van der Waals surface area contributed by atoms with Gasteiger partial charge in [0.2, 0.25) is 0 Å². The van der Waals surface area contributed by atoms with E-state index < -0.39 is 0 Å². The summed E-state index contributed by atoms with van der Waals surface area (Å²) in [5, 5.41) is 4.16. The van der Waals surface area contributed by atoms with Crippen LogP contribution in [0.2, 0.25) is 5.02 Å². The maximum absolute atomic E-state index is 5.89. The molecule has 3 heteroatoms. The smallest absolute Gasteiger partial charge is 0.0478 e. The van der Waals surface area contributed by atoms with E-state index in [0.717, 1.165) is 44.2 Å². The summed E-state index contributed by atoms with van der Waals surface area (Å²) in [5.74, 6) is 0. The number of nitrogens with one attached hydrogen (secondary N) is 1. The van der Waals surface area contributed by atoms with Crippen LogP contribution in [0.3, 0.4) is 0 Å². The van der Waals surface area contributed by atoms with Gasteiger partial charge in [-0.15, -0.1) is 0 Å². The predicted octanol–water partition coefficient (Wildman–Crippen LogP) is 3.25. The van der Waals surface area contributed by atoms with Gasteiger partial charge < -0.3 is 10.1 Å². The summed E-state index contributed by atoms with van der Waals surface area (Å²) in [4.78, 5) is 0. The highest BCUT2D eigenvalue weighted by atomic mass is 35.5. The molecule has 90 valence electrons. The van der Waals surface area contributed by atoms with Gasteiger partial charge in [-0.1, -0.05) is 30.7 Å². The van der Waals surface area contributed by atoms with Gasteiger partial charge in [-0.3, -0.25) is 0 Å². The molecule has 0 amide bonds. The molecule has 0 saturated carbocycles. The van der Waals surface area contributed by atoms with Crippen molar-refractivity contribution in [2.45, 2.75) is 26.3 Å². The lowest BCUT2D eigenvalue weighted by Gasteiger charge is -2.05. The van der Waals surface area contributed by atoms with Crippen molar-refractivity contribution in [3.8, 4) is 0 Å². The quantitative estimate of drug-likeness (QED) is 0.706. The number of halogens is 1. The van der Waals surface area contributed by atoms with Crippen molar-refractivity contribution in [1.29, 1.82) is 0 Å². The van der Waals surface area contributed by atoms with Crippen LogP contribution in [0, 0.1) is 0 Å². The summed E-state index contributed by atoms with van der Waals surface area (Å²) in [6.07, 6.45) is 2.15. The zero-order chi connectivity index (χ0) is 11.6. The average Bonchev–Trinajstić information content (AvgIpc) is 2.28. The minimum absolute atomic E-state index is 0.797. The lowest BCUT2D eigenvalue weighted by atomic mass is 10.2. The average molecular weight is 242 g/mol. The molecular weight excluding hydrogens is 222 g/mol. The molecule has 1 rings (SSSR count). The topological polar surface area (TPSA) is 21.3 Å². The van der Waals surface area contributed by atoms with Crippen LogP contribution < -0.4 is 5.32 Å². The zero-order valence-electron chi connectivity index (χ0n) is 9.84. The molecule has 0 unspecified atom stereocenters. The molecule has 0 spiro atoms. The molecule has 0 radical (unpaired) electrons. The second kappa shape index (κ2) is 8.57. The van der Waals surface area contributed by atoms with Gasteiger partial charge in [0.15, 0.2) is 0 Å². The van der Waals surface area contributed by atoms with Crippen LogP contribution in [0.25, 0.3) is 0 Å². The molecule has 0 aromatic heterocycles. The van der Waals surface area contributed by atoms with Gasteiger partial charge in [-0.2, -0.15) is 0 Å². The molecular formula is C13H20ClNO. The second-order valence-electron chi connectivity index (χ2n) is 3.77. The first-order valence-electron chi connectivity index (χ1n) is 5.86. The van der Waals surface area contributed by atoms with E-state index in [4.69, 9.17) is 16.3 Å². The fraction of sp³-hybridized carbons (Fsp3) is 0.538. The van der Waals surface area contributed by atoms with Gasteiger partial charge in [0.05, 0.1) is 0 Å². The van der Waals surface area contributed by atoms with E-state index in [1.54, 1.807) is 0 Å². The predicted molar refractivity (Wildman–Crippen MR) is 68.9 cm³/mol. The lowest BCUT2D eigenvalue weighted by Crippen LogP contribution is -2.16. The molecule has 1 N–H and O–H groups in total. The Bertz CT molecular complexity index is 291. The molecule has 0 aliphatic heterocycles. The molecule has 0 aliphatic carbocycles. The van der Waals surface area contributed by atoms with Crippen LogP contribution in [0.1, 0.15) is 25.3 Å². The third kappa shape index (κ3) is 6.11. The number of hydrogen-bond donors (Lipinski definition) is 1. The van der Waals surface area contributed by atoms with E-state index in [1.807, 2.05) is 18.2 Å². The standard InChI is InChI=1S/C13H20ClNO/c1-2-8-16-9-4-7-15-11-12-5-3-6-13(14)10-12/h3,5-6,10,15H,2,4,7-9,11H2,1H3. The van der Waals surface area contributed by atoms with Crippen molar-refractivity contribution in [3.63, 3.8) is 0 Å². The summed E-state index contributed by atoms with van der Waals surface area (Å²) in [7, 11) is 0. The molecule has 0 fully saturated rings. The van der Waals surface area contributed by atoms with E-state index in [9.17, 15) is 0 Å². The molecule has 0 bridgehead atoms. The van der Waals surface area contributed by atoms with Crippen LogP contribution in [-0.4, -0.2) is 19.8 Å². The zero-order valence-corrected chi connectivity index (χ0v) is 10.6. The fourth-order valence-electron chi connectivity index (χ4n) is 1.43. The van der Waals surface area contributed by atoms with Gasteiger partial charge in [-0.25, -0.2) is 0 Å². The Labute approximate surface area is 103 Å². The normalized spacial score (nSPS) is 10.6. The van der Waals surface area contributed by atoms with Crippen molar-refractivity contribution >= 4 is 11.6 Å². The third-order valence-corrected chi connectivity index (χ3v) is 2.44. The Morgan fingerprint density at radius 2 is 2.19 bits per heavy atom. The van der Waals surface area contributed by atoms with Gasteiger partial charge in [0.25, 0.3) is 0 Å². The first kappa shape index (κ1) is 13.5. The van der Waals surface area contributed by atoms with E-state index in [-0.39, 0.29) is 0 Å². The monoisotopic (exact) mass is 241 g/mol. The second-order valence-corrected chi connectivity index (χ2v) is 4.21. The summed E-state index contributed by atoms with van der Waals surface area (Å²) in [6.45, 7) is 5.69. The Kier molecular flexibility index (Phi) is 7.23. The highest BCUT2D eigenvalue weighted by Gasteiger charge is 1.93. The van der Waals surface area contributed by atoms with Crippen LogP contribution in [0.4, 0.5) is 0 Å². The largest absolute Gasteiger partial charge is 0.381 e. The highest BCUT2D eigenvalue weighted by molar-refractivity contribution is 6.30. The number of hydrogen-bond acceptors (Lipinski definition) is 2. The fourth-order valence-corrected chi connectivity index (χ4v) is 1.64. The maximum atomic E-state index is 5.89. The van der Waals surface area contributed by atoms with E-state index in [1.165, 1.54) is 5.56 Å². The first-order chi connectivity index (χ1) is 7.83. The van der Waals surface area contributed by atoms with Gasteiger partial charge >= 0.3 is 0 Å². The minimum atomic E-state index is 0.797. The summed E-state index contributed by atoms with van der Waals surface area (Å²) in [5.41, 5.74) is 1.22. The third-order valence-electron chi connectivity index (χ3n) is 2.21. The number of benzene rings is 1. The Morgan fingerprint density at radius 3 is 2.94 bits per heavy atom. The SMILES string of the molecule is CCCOCCCNCc1cccc(Cl)c1. The van der Waals surface area contributed by atoms with Crippen LogP contribution >= 0.6 is 11.6 Å². The van der Waals surface area contributed by atoms with Gasteiger partial charge in [0.1, 0.15) is 0 Å². The Balaban J connectivity index is 2.03. The summed E-state index contributed by atoms with van der Waals surface area (Å²) in [6, 6.07) is 7.93. The van der Waals surface area contributed by atoms with Crippen molar-refractivity contribution < 1.29 is 4.74 Å². The molecule has 0 heterocycles. The van der Waals surface area contributed by atoms with Gasteiger partial charge in [0, 0.05) is 24.8 Å². The van der Waals surface area contributed by atoms with Crippen molar-refractivity contribution in [3.05, 3.63) is 34.9 Å². The summed E-state index contributed by atoms with van der Waals surface area (Å²) < 4.78 is 5.39. The number of ether oxygens (including phenoxy) is 1. The van der Waals surface area contributed by atoms with E-state index in [2.05, 4.69) is 18.3 Å². The molecule has 2 nitrogen and oxygen atoms in total. The Hall–Kier alpha value is -0.570. The molecule has 0 aliphatic rings. The first-order valence-corrected chi connectivity index (χ1v) is 6.23. The van der Waals surface area contributed by atoms with Crippen molar-refractivity contribution in [1.82, 2.24) is 5.32 Å². The lowest BCUT2D eigenvalue weighted by molar-refractivity contribution is 0.132. The molecule has 1 aromatic carbocycles. The van der Waals surface area contributed by atoms with Crippen LogP contribution in [0.5, 0.6) is 0 Å². The Morgan fingerprint density at radius 1 is 1.31 bits per heavy atom. The van der Waals surface area contributed by atoms with Crippen molar-refractivity contribution in [2.24, 2.45) is 0 Å². The maximum Gasteiger partial charge on any atom is 0.0478 e.